The van der Waals surface area contributed by atoms with E-state index < -0.39 is 0 Å². The lowest BCUT2D eigenvalue weighted by atomic mass is 10.0. The Morgan fingerprint density at radius 3 is 2.84 bits per heavy atom. The zero-order valence-corrected chi connectivity index (χ0v) is 11.5. The van der Waals surface area contributed by atoms with Crippen molar-refractivity contribution >= 4 is 0 Å². The Hall–Kier alpha value is -1.75. The summed E-state index contributed by atoms with van der Waals surface area (Å²) in [5.41, 5.74) is 2.41. The second-order valence-electron chi connectivity index (χ2n) is 4.63. The zero-order valence-electron chi connectivity index (χ0n) is 11.5. The first kappa shape index (κ1) is 13.7. The molecule has 0 aliphatic carbocycles. The first-order valence-electron chi connectivity index (χ1n) is 6.49. The van der Waals surface area contributed by atoms with Gasteiger partial charge in [0.2, 0.25) is 0 Å². The molecular weight excluding hydrogens is 243 g/mol. The molecule has 1 atom stereocenters. The van der Waals surface area contributed by atoms with E-state index in [-0.39, 0.29) is 11.9 Å². The van der Waals surface area contributed by atoms with Crippen molar-refractivity contribution in [1.82, 2.24) is 20.3 Å². The maximum Gasteiger partial charge on any atom is 0.128 e. The van der Waals surface area contributed by atoms with Gasteiger partial charge in [0.05, 0.1) is 17.9 Å². The van der Waals surface area contributed by atoms with Crippen LogP contribution in [0.1, 0.15) is 36.2 Å². The normalized spacial score (nSPS) is 12.6. The van der Waals surface area contributed by atoms with Crippen LogP contribution in [0.2, 0.25) is 0 Å². The van der Waals surface area contributed by atoms with Gasteiger partial charge in [-0.2, -0.15) is 0 Å². The van der Waals surface area contributed by atoms with Crippen molar-refractivity contribution in [2.75, 3.05) is 7.05 Å². The smallest absolute Gasteiger partial charge is 0.128 e. The number of aryl methyl sites for hydroxylation is 2. The van der Waals surface area contributed by atoms with E-state index in [9.17, 15) is 4.39 Å². The van der Waals surface area contributed by atoms with Crippen molar-refractivity contribution in [2.45, 2.75) is 32.9 Å². The maximum absolute atomic E-state index is 14.1. The van der Waals surface area contributed by atoms with Gasteiger partial charge < -0.3 is 5.32 Å². The van der Waals surface area contributed by atoms with Gasteiger partial charge in [0, 0.05) is 12.1 Å². The van der Waals surface area contributed by atoms with E-state index in [4.69, 9.17) is 0 Å². The van der Waals surface area contributed by atoms with E-state index in [2.05, 4.69) is 22.6 Å². The second kappa shape index (κ2) is 5.93. The molecule has 0 aliphatic heterocycles. The van der Waals surface area contributed by atoms with Crippen LogP contribution in [0.4, 0.5) is 4.39 Å². The number of nitrogens with zero attached hydrogens (tertiary/aromatic N) is 3. The maximum atomic E-state index is 14.1. The largest absolute Gasteiger partial charge is 0.308 e. The number of aromatic nitrogens is 3. The molecule has 2 aromatic rings. The van der Waals surface area contributed by atoms with Crippen LogP contribution in [0.5, 0.6) is 0 Å². The molecule has 0 amide bonds. The molecule has 5 heteroatoms. The fourth-order valence-corrected chi connectivity index (χ4v) is 2.20. The molecule has 2 rings (SSSR count). The Morgan fingerprint density at radius 1 is 1.42 bits per heavy atom. The molecule has 1 heterocycles. The number of rotatable bonds is 5. The minimum atomic E-state index is -0.234. The van der Waals surface area contributed by atoms with Crippen LogP contribution in [0.25, 0.3) is 0 Å². The molecule has 19 heavy (non-hydrogen) atoms. The molecule has 0 saturated heterocycles. The number of halogens is 1. The third-order valence-corrected chi connectivity index (χ3v) is 3.13. The summed E-state index contributed by atoms with van der Waals surface area (Å²) in [4.78, 5) is 0. The number of benzene rings is 1. The standard InChI is InChI=1S/C14H19FN4/c1-4-7-19-13(9-17-18-19)14(16-3)11-6-5-10(2)8-12(11)15/h5-6,8-9,14,16H,4,7H2,1-3H3. The molecule has 0 bridgehead atoms. The van der Waals surface area contributed by atoms with Gasteiger partial charge in [-0.3, -0.25) is 0 Å². The Labute approximate surface area is 112 Å². The molecule has 0 fully saturated rings. The SMILES string of the molecule is CCCn1nncc1C(NC)c1ccc(C)cc1F. The molecule has 0 spiro atoms. The molecule has 102 valence electrons. The van der Waals surface area contributed by atoms with Crippen LogP contribution >= 0.6 is 0 Å². The molecule has 0 saturated carbocycles. The first-order chi connectivity index (χ1) is 9.17. The van der Waals surface area contributed by atoms with Gasteiger partial charge in [0.25, 0.3) is 0 Å². The van der Waals surface area contributed by atoms with Crippen molar-refractivity contribution in [3.05, 3.63) is 47.0 Å². The Bertz CT molecular complexity index is 550. The molecule has 1 aromatic heterocycles. The summed E-state index contributed by atoms with van der Waals surface area (Å²) in [5.74, 6) is -0.205. The summed E-state index contributed by atoms with van der Waals surface area (Å²) in [6.45, 7) is 4.73. The van der Waals surface area contributed by atoms with E-state index >= 15 is 0 Å². The van der Waals surface area contributed by atoms with Crippen molar-refractivity contribution in [3.63, 3.8) is 0 Å². The number of hydrogen-bond acceptors (Lipinski definition) is 3. The van der Waals surface area contributed by atoms with E-state index in [0.717, 1.165) is 24.2 Å². The fraction of sp³-hybridized carbons (Fsp3) is 0.429. The van der Waals surface area contributed by atoms with E-state index in [1.807, 2.05) is 30.8 Å². The summed E-state index contributed by atoms with van der Waals surface area (Å²) >= 11 is 0. The van der Waals surface area contributed by atoms with Crippen LogP contribution in [-0.4, -0.2) is 22.0 Å². The summed E-state index contributed by atoms with van der Waals surface area (Å²) in [6, 6.07) is 5.04. The molecular formula is C14H19FN4. The van der Waals surface area contributed by atoms with Gasteiger partial charge in [-0.25, -0.2) is 9.07 Å². The van der Waals surface area contributed by atoms with Gasteiger partial charge in [0.1, 0.15) is 5.82 Å². The van der Waals surface area contributed by atoms with E-state index in [0.29, 0.717) is 5.56 Å². The summed E-state index contributed by atoms with van der Waals surface area (Å²) in [5, 5.41) is 11.1. The van der Waals surface area contributed by atoms with Crippen molar-refractivity contribution < 1.29 is 4.39 Å². The Balaban J connectivity index is 2.41. The van der Waals surface area contributed by atoms with E-state index in [1.54, 1.807) is 12.3 Å². The molecule has 1 N–H and O–H groups in total. The van der Waals surface area contributed by atoms with Gasteiger partial charge in [-0.15, -0.1) is 5.10 Å². The number of hydrogen-bond donors (Lipinski definition) is 1. The predicted molar refractivity (Wildman–Crippen MR) is 72.4 cm³/mol. The fourth-order valence-electron chi connectivity index (χ4n) is 2.20. The highest BCUT2D eigenvalue weighted by Gasteiger charge is 2.20. The quantitative estimate of drug-likeness (QED) is 0.900. The third kappa shape index (κ3) is 2.81. The van der Waals surface area contributed by atoms with Crippen molar-refractivity contribution in [1.29, 1.82) is 0 Å². The van der Waals surface area contributed by atoms with Crippen molar-refractivity contribution in [3.8, 4) is 0 Å². The minimum Gasteiger partial charge on any atom is -0.308 e. The van der Waals surface area contributed by atoms with Crippen LogP contribution in [0.15, 0.2) is 24.4 Å². The summed E-state index contributed by atoms with van der Waals surface area (Å²) < 4.78 is 15.9. The minimum absolute atomic E-state index is 0.205. The molecule has 0 radical (unpaired) electrons. The highest BCUT2D eigenvalue weighted by Crippen LogP contribution is 2.24. The van der Waals surface area contributed by atoms with E-state index in [1.165, 1.54) is 0 Å². The van der Waals surface area contributed by atoms with Crippen LogP contribution in [0.3, 0.4) is 0 Å². The Morgan fingerprint density at radius 2 is 2.21 bits per heavy atom. The van der Waals surface area contributed by atoms with Crippen LogP contribution in [-0.2, 0) is 6.54 Å². The Kier molecular flexibility index (Phi) is 4.27. The van der Waals surface area contributed by atoms with Gasteiger partial charge in [-0.05, 0) is 32.0 Å². The van der Waals surface area contributed by atoms with Crippen molar-refractivity contribution in [2.24, 2.45) is 0 Å². The van der Waals surface area contributed by atoms with Gasteiger partial charge in [0.15, 0.2) is 0 Å². The zero-order chi connectivity index (χ0) is 13.8. The van der Waals surface area contributed by atoms with Gasteiger partial charge >= 0.3 is 0 Å². The molecule has 4 nitrogen and oxygen atoms in total. The summed E-state index contributed by atoms with van der Waals surface area (Å²) in [7, 11) is 1.81. The average molecular weight is 262 g/mol. The predicted octanol–water partition coefficient (Wildman–Crippen LogP) is 2.44. The average Bonchev–Trinajstić information content (AvgIpc) is 2.82. The summed E-state index contributed by atoms with van der Waals surface area (Å²) in [6.07, 6.45) is 2.65. The lowest BCUT2D eigenvalue weighted by Crippen LogP contribution is -2.22. The van der Waals surface area contributed by atoms with Crippen LogP contribution < -0.4 is 5.32 Å². The van der Waals surface area contributed by atoms with Gasteiger partial charge in [-0.1, -0.05) is 24.3 Å². The lowest BCUT2D eigenvalue weighted by Gasteiger charge is -2.18. The number of nitrogens with one attached hydrogen (secondary N) is 1. The molecule has 1 unspecified atom stereocenters. The lowest BCUT2D eigenvalue weighted by molar-refractivity contribution is 0.508. The third-order valence-electron chi connectivity index (χ3n) is 3.13. The molecule has 1 aromatic carbocycles. The molecule has 0 aliphatic rings. The monoisotopic (exact) mass is 262 g/mol. The highest BCUT2D eigenvalue weighted by atomic mass is 19.1. The highest BCUT2D eigenvalue weighted by molar-refractivity contribution is 5.31. The second-order valence-corrected chi connectivity index (χ2v) is 4.63. The first-order valence-corrected chi connectivity index (χ1v) is 6.49. The topological polar surface area (TPSA) is 42.7 Å². The van der Waals surface area contributed by atoms with Crippen LogP contribution in [0, 0.1) is 12.7 Å².